The molecule has 26 heavy (non-hydrogen) atoms. The summed E-state index contributed by atoms with van der Waals surface area (Å²) >= 11 is 0. The van der Waals surface area contributed by atoms with Gasteiger partial charge in [-0.25, -0.2) is 0 Å². The van der Waals surface area contributed by atoms with Crippen molar-refractivity contribution < 1.29 is 29.3 Å². The number of rotatable bonds is 9. The van der Waals surface area contributed by atoms with Crippen molar-refractivity contribution in [3.63, 3.8) is 0 Å². The summed E-state index contributed by atoms with van der Waals surface area (Å²) in [5.74, 6) is 1.27. The van der Waals surface area contributed by atoms with Crippen molar-refractivity contribution in [2.24, 2.45) is 0 Å². The van der Waals surface area contributed by atoms with Gasteiger partial charge in [0.1, 0.15) is 17.6 Å². The predicted molar refractivity (Wildman–Crippen MR) is 102 cm³/mol. The molecule has 148 valence electrons. The summed E-state index contributed by atoms with van der Waals surface area (Å²) in [5, 5.41) is 20.3. The van der Waals surface area contributed by atoms with E-state index in [4.69, 9.17) is 14.2 Å². The van der Waals surface area contributed by atoms with Crippen molar-refractivity contribution in [2.75, 3.05) is 12.3 Å². The minimum Gasteiger partial charge on any atom is -0.491 e. The summed E-state index contributed by atoms with van der Waals surface area (Å²) < 4.78 is 17.2. The first-order chi connectivity index (χ1) is 12.4. The van der Waals surface area contributed by atoms with Gasteiger partial charge in [0, 0.05) is 14.6 Å². The van der Waals surface area contributed by atoms with E-state index in [0.29, 0.717) is 24.8 Å². The van der Waals surface area contributed by atoms with Crippen LogP contribution in [0, 0.1) is 0 Å². The summed E-state index contributed by atoms with van der Waals surface area (Å²) in [6.45, 7) is 5.96. The van der Waals surface area contributed by atoms with Gasteiger partial charge in [0.25, 0.3) is 0 Å². The van der Waals surface area contributed by atoms with E-state index in [-0.39, 0.29) is 12.2 Å². The van der Waals surface area contributed by atoms with E-state index < -0.39 is 26.6 Å². The van der Waals surface area contributed by atoms with Crippen LogP contribution in [-0.4, -0.2) is 58.1 Å². The molecular formula is C19H31O6P. The van der Waals surface area contributed by atoms with Crippen LogP contribution in [0.2, 0.25) is 0 Å². The number of hydrogen-bond donors (Lipinski definition) is 3. The molecule has 0 radical (unpaired) electrons. The van der Waals surface area contributed by atoms with Crippen LogP contribution < -0.4 is 9.47 Å². The maximum atomic E-state index is 10.2. The van der Waals surface area contributed by atoms with Gasteiger partial charge in [0.15, 0.2) is 0 Å². The molecule has 1 saturated heterocycles. The van der Waals surface area contributed by atoms with Gasteiger partial charge in [-0.3, -0.25) is 0 Å². The molecule has 0 saturated carbocycles. The standard InChI is InChI=1S/C19H31O6P/c1-4-10-26(22)11-9-16-12-17(20)18(21)19(25-16)24-15-7-5-14(6-8-15)23-13(2)3/h5-8,13,16-22H,4,9-12H2,1-3H3. The first-order valence-corrected chi connectivity index (χ1v) is 10.9. The number of hydrogen-bond acceptors (Lipinski definition) is 6. The first-order valence-electron chi connectivity index (χ1n) is 9.27. The summed E-state index contributed by atoms with van der Waals surface area (Å²) in [5.41, 5.74) is 0. The highest BCUT2D eigenvalue weighted by Gasteiger charge is 2.38. The third-order valence-electron chi connectivity index (χ3n) is 4.14. The van der Waals surface area contributed by atoms with Crippen LogP contribution in [-0.2, 0) is 4.74 Å². The summed E-state index contributed by atoms with van der Waals surface area (Å²) in [7, 11) is -0.983. The lowest BCUT2D eigenvalue weighted by Gasteiger charge is -2.37. The van der Waals surface area contributed by atoms with Crippen molar-refractivity contribution >= 4 is 8.15 Å². The van der Waals surface area contributed by atoms with Crippen LogP contribution in [0.5, 0.6) is 11.5 Å². The van der Waals surface area contributed by atoms with E-state index in [0.717, 1.165) is 18.3 Å². The molecule has 1 aliphatic heterocycles. The average molecular weight is 386 g/mol. The molecule has 5 atom stereocenters. The minimum absolute atomic E-state index is 0.0888. The Labute approximate surface area is 156 Å². The Bertz CT molecular complexity index is 523. The topological polar surface area (TPSA) is 88.4 Å². The molecular weight excluding hydrogens is 355 g/mol. The first kappa shape index (κ1) is 21.4. The molecule has 1 fully saturated rings. The molecule has 2 rings (SSSR count). The highest BCUT2D eigenvalue weighted by molar-refractivity contribution is 7.51. The smallest absolute Gasteiger partial charge is 0.228 e. The van der Waals surface area contributed by atoms with E-state index in [9.17, 15) is 15.1 Å². The van der Waals surface area contributed by atoms with Gasteiger partial charge in [0.05, 0.1) is 18.3 Å². The zero-order chi connectivity index (χ0) is 19.1. The van der Waals surface area contributed by atoms with Crippen LogP contribution in [0.25, 0.3) is 0 Å². The van der Waals surface area contributed by atoms with Gasteiger partial charge in [-0.15, -0.1) is 0 Å². The molecule has 6 nitrogen and oxygen atoms in total. The lowest BCUT2D eigenvalue weighted by Crippen LogP contribution is -2.51. The lowest BCUT2D eigenvalue weighted by atomic mass is 10.0. The van der Waals surface area contributed by atoms with E-state index in [2.05, 4.69) is 0 Å². The summed E-state index contributed by atoms with van der Waals surface area (Å²) in [6.07, 6.45) is 0.339. The third-order valence-corrected chi connectivity index (χ3v) is 5.88. The van der Waals surface area contributed by atoms with Crippen molar-refractivity contribution in [1.82, 2.24) is 0 Å². The maximum Gasteiger partial charge on any atom is 0.228 e. The largest absolute Gasteiger partial charge is 0.491 e. The van der Waals surface area contributed by atoms with E-state index in [1.807, 2.05) is 20.8 Å². The Morgan fingerprint density at radius 2 is 1.81 bits per heavy atom. The Balaban J connectivity index is 1.91. The van der Waals surface area contributed by atoms with Crippen molar-refractivity contribution in [2.45, 2.75) is 70.7 Å². The van der Waals surface area contributed by atoms with Gasteiger partial charge >= 0.3 is 0 Å². The van der Waals surface area contributed by atoms with Gasteiger partial charge in [-0.1, -0.05) is 13.3 Å². The van der Waals surface area contributed by atoms with Gasteiger partial charge in [-0.05, 0) is 56.9 Å². The Hall–Kier alpha value is -0.910. The second-order valence-electron chi connectivity index (χ2n) is 6.92. The van der Waals surface area contributed by atoms with E-state index in [1.54, 1.807) is 24.3 Å². The monoisotopic (exact) mass is 386 g/mol. The van der Waals surface area contributed by atoms with Crippen LogP contribution >= 0.6 is 8.15 Å². The molecule has 0 amide bonds. The molecule has 5 unspecified atom stereocenters. The highest BCUT2D eigenvalue weighted by atomic mass is 31.1. The van der Waals surface area contributed by atoms with Crippen molar-refractivity contribution in [3.8, 4) is 11.5 Å². The Kier molecular flexibility index (Phi) is 8.58. The predicted octanol–water partition coefficient (Wildman–Crippen LogP) is 2.88. The quantitative estimate of drug-likeness (QED) is 0.566. The second kappa shape index (κ2) is 10.4. The number of ether oxygens (including phenoxy) is 3. The van der Waals surface area contributed by atoms with Crippen molar-refractivity contribution in [1.29, 1.82) is 0 Å². The second-order valence-corrected chi connectivity index (χ2v) is 8.83. The molecule has 0 aliphatic carbocycles. The van der Waals surface area contributed by atoms with Crippen molar-refractivity contribution in [3.05, 3.63) is 24.3 Å². The summed E-state index contributed by atoms with van der Waals surface area (Å²) in [4.78, 5) is 9.94. The van der Waals surface area contributed by atoms with Gasteiger partial charge < -0.3 is 29.3 Å². The Morgan fingerprint density at radius 3 is 2.42 bits per heavy atom. The fraction of sp³-hybridized carbons (Fsp3) is 0.684. The zero-order valence-electron chi connectivity index (χ0n) is 15.7. The number of benzene rings is 1. The zero-order valence-corrected chi connectivity index (χ0v) is 16.6. The maximum absolute atomic E-state index is 10.2. The van der Waals surface area contributed by atoms with Gasteiger partial charge in [-0.2, -0.15) is 0 Å². The van der Waals surface area contributed by atoms with Gasteiger partial charge in [0.2, 0.25) is 6.29 Å². The van der Waals surface area contributed by atoms with Crippen LogP contribution in [0.4, 0.5) is 0 Å². The molecule has 7 heteroatoms. The minimum atomic E-state index is -1.11. The molecule has 0 aromatic heterocycles. The lowest BCUT2D eigenvalue weighted by molar-refractivity contribution is -0.235. The summed E-state index contributed by atoms with van der Waals surface area (Å²) in [6, 6.07) is 7.08. The molecule has 0 bridgehead atoms. The molecule has 3 N–H and O–H groups in total. The molecule has 1 aromatic carbocycles. The van der Waals surface area contributed by atoms with E-state index in [1.165, 1.54) is 0 Å². The number of aliphatic hydroxyl groups excluding tert-OH is 2. The molecule has 1 aliphatic rings. The highest BCUT2D eigenvalue weighted by Crippen LogP contribution is 2.34. The van der Waals surface area contributed by atoms with Crippen LogP contribution in [0.3, 0.4) is 0 Å². The normalized spacial score (nSPS) is 27.3. The molecule has 0 spiro atoms. The Morgan fingerprint density at radius 1 is 1.15 bits per heavy atom. The van der Waals surface area contributed by atoms with E-state index >= 15 is 0 Å². The molecule has 1 aromatic rings. The fourth-order valence-corrected chi connectivity index (χ4v) is 4.19. The fourth-order valence-electron chi connectivity index (χ4n) is 2.87. The number of aliphatic hydroxyl groups is 2. The third kappa shape index (κ3) is 6.67. The van der Waals surface area contributed by atoms with Crippen LogP contribution in [0.1, 0.15) is 40.0 Å². The molecule has 1 heterocycles. The van der Waals surface area contributed by atoms with Crippen LogP contribution in [0.15, 0.2) is 24.3 Å². The average Bonchev–Trinajstić information content (AvgIpc) is 2.59. The SMILES string of the molecule is CCCP(O)CCC1CC(O)C(O)C(Oc2ccc(OC(C)C)cc2)O1.